The zero-order valence-electron chi connectivity index (χ0n) is 9.06. The number of esters is 1. The molecule has 0 aromatic heterocycles. The summed E-state index contributed by atoms with van der Waals surface area (Å²) in [6.07, 6.45) is -0.645. The van der Waals surface area contributed by atoms with Crippen molar-refractivity contribution in [2.75, 3.05) is 6.61 Å². The van der Waals surface area contributed by atoms with E-state index < -0.39 is 18.2 Å². The largest absolute Gasteiger partial charge is 0.465 e. The second-order valence-corrected chi connectivity index (χ2v) is 3.87. The zero-order chi connectivity index (χ0) is 11.1. The van der Waals surface area contributed by atoms with Gasteiger partial charge in [-0.3, -0.25) is 4.79 Å². The lowest BCUT2D eigenvalue weighted by atomic mass is 10.1. The first-order chi connectivity index (χ1) is 6.43. The molecule has 0 aromatic rings. The maximum absolute atomic E-state index is 11.1. The highest BCUT2D eigenvalue weighted by molar-refractivity contribution is 5.69. The standard InChI is InChI=1S/C10H20O4/c1-7(2)9(12)6-10(13)14-5-4-8(3)11/h7-9,11-12H,4-6H2,1-3H3. The summed E-state index contributed by atoms with van der Waals surface area (Å²) in [4.78, 5) is 11.1. The monoisotopic (exact) mass is 204 g/mol. The van der Waals surface area contributed by atoms with Gasteiger partial charge in [0.15, 0.2) is 0 Å². The van der Waals surface area contributed by atoms with E-state index in [0.717, 1.165) is 0 Å². The molecule has 0 fully saturated rings. The second-order valence-electron chi connectivity index (χ2n) is 3.87. The van der Waals surface area contributed by atoms with Crippen LogP contribution in [0.25, 0.3) is 0 Å². The van der Waals surface area contributed by atoms with Crippen molar-refractivity contribution in [1.29, 1.82) is 0 Å². The molecule has 0 aliphatic heterocycles. The van der Waals surface area contributed by atoms with Crippen molar-refractivity contribution in [3.05, 3.63) is 0 Å². The fourth-order valence-electron chi connectivity index (χ4n) is 0.809. The van der Waals surface area contributed by atoms with Gasteiger partial charge in [0.05, 0.1) is 25.2 Å². The molecule has 2 unspecified atom stereocenters. The molecule has 2 N–H and O–H groups in total. The van der Waals surface area contributed by atoms with Gasteiger partial charge in [0, 0.05) is 6.42 Å². The van der Waals surface area contributed by atoms with Crippen molar-refractivity contribution in [1.82, 2.24) is 0 Å². The van der Waals surface area contributed by atoms with Gasteiger partial charge >= 0.3 is 5.97 Å². The van der Waals surface area contributed by atoms with Crippen LogP contribution >= 0.6 is 0 Å². The van der Waals surface area contributed by atoms with Crippen LogP contribution in [0.1, 0.15) is 33.6 Å². The van der Waals surface area contributed by atoms with Crippen LogP contribution in [0.5, 0.6) is 0 Å². The quantitative estimate of drug-likeness (QED) is 0.625. The number of aliphatic hydroxyl groups is 2. The molecule has 4 heteroatoms. The van der Waals surface area contributed by atoms with Gasteiger partial charge in [-0.1, -0.05) is 13.8 Å². The Kier molecular flexibility index (Phi) is 6.49. The third kappa shape index (κ3) is 6.86. The Labute approximate surface area is 84.9 Å². The fourth-order valence-corrected chi connectivity index (χ4v) is 0.809. The molecular formula is C10H20O4. The maximum atomic E-state index is 11.1. The van der Waals surface area contributed by atoms with Crippen molar-refractivity contribution in [3.63, 3.8) is 0 Å². The summed E-state index contributed by atoms with van der Waals surface area (Å²) in [5.41, 5.74) is 0. The van der Waals surface area contributed by atoms with Gasteiger partial charge < -0.3 is 14.9 Å². The molecule has 0 heterocycles. The van der Waals surface area contributed by atoms with Crippen molar-refractivity contribution in [2.24, 2.45) is 5.92 Å². The van der Waals surface area contributed by atoms with E-state index in [1.54, 1.807) is 6.92 Å². The number of rotatable bonds is 6. The summed E-state index contributed by atoms with van der Waals surface area (Å²) in [6, 6.07) is 0. The predicted octanol–water partition coefficient (Wildman–Crippen LogP) is 0.707. The first-order valence-electron chi connectivity index (χ1n) is 4.95. The van der Waals surface area contributed by atoms with Gasteiger partial charge in [0.2, 0.25) is 0 Å². The van der Waals surface area contributed by atoms with Crippen LogP contribution in [0.15, 0.2) is 0 Å². The minimum atomic E-state index is -0.644. The summed E-state index contributed by atoms with van der Waals surface area (Å²) < 4.78 is 4.81. The molecule has 0 spiro atoms. The maximum Gasteiger partial charge on any atom is 0.308 e. The van der Waals surface area contributed by atoms with Gasteiger partial charge in [0.25, 0.3) is 0 Å². The third-order valence-corrected chi connectivity index (χ3v) is 1.94. The van der Waals surface area contributed by atoms with Gasteiger partial charge in [0.1, 0.15) is 0 Å². The molecule has 0 bridgehead atoms. The summed E-state index contributed by atoms with van der Waals surface area (Å²) in [5.74, 6) is -0.355. The first kappa shape index (κ1) is 13.4. The Bertz CT molecular complexity index is 166. The lowest BCUT2D eigenvalue weighted by molar-refractivity contribution is -0.147. The summed E-state index contributed by atoms with van der Waals surface area (Å²) in [6.45, 7) is 5.53. The summed E-state index contributed by atoms with van der Waals surface area (Å²) in [5, 5.41) is 18.2. The Morgan fingerprint density at radius 2 is 1.86 bits per heavy atom. The number of hydrogen-bond acceptors (Lipinski definition) is 4. The molecule has 0 aliphatic carbocycles. The van der Waals surface area contributed by atoms with Crippen LogP contribution in [0, 0.1) is 5.92 Å². The minimum absolute atomic E-state index is 0.0253. The molecule has 0 rings (SSSR count). The van der Waals surface area contributed by atoms with Crippen molar-refractivity contribution in [3.8, 4) is 0 Å². The molecule has 2 atom stereocenters. The second kappa shape index (κ2) is 6.79. The Morgan fingerprint density at radius 3 is 2.29 bits per heavy atom. The molecule has 84 valence electrons. The van der Waals surface area contributed by atoms with Crippen LogP contribution in [0.3, 0.4) is 0 Å². The molecule has 0 saturated carbocycles. The average molecular weight is 204 g/mol. The number of ether oxygens (including phenoxy) is 1. The minimum Gasteiger partial charge on any atom is -0.465 e. The number of carbonyl (C=O) groups excluding carboxylic acids is 1. The van der Waals surface area contributed by atoms with Crippen molar-refractivity contribution in [2.45, 2.75) is 45.8 Å². The molecule has 0 aliphatic rings. The average Bonchev–Trinajstić information content (AvgIpc) is 2.02. The lowest BCUT2D eigenvalue weighted by Gasteiger charge is -2.13. The van der Waals surface area contributed by atoms with E-state index >= 15 is 0 Å². The smallest absolute Gasteiger partial charge is 0.308 e. The Balaban J connectivity index is 3.55. The number of carbonyl (C=O) groups is 1. The highest BCUT2D eigenvalue weighted by Crippen LogP contribution is 2.06. The Hall–Kier alpha value is -0.610. The molecule has 0 aromatic carbocycles. The highest BCUT2D eigenvalue weighted by Gasteiger charge is 2.15. The molecule has 14 heavy (non-hydrogen) atoms. The third-order valence-electron chi connectivity index (χ3n) is 1.94. The molecule has 0 saturated heterocycles. The van der Waals surface area contributed by atoms with Crippen LogP contribution in [0.4, 0.5) is 0 Å². The van der Waals surface area contributed by atoms with Crippen LogP contribution in [-0.4, -0.2) is 35.0 Å². The zero-order valence-corrected chi connectivity index (χ0v) is 9.06. The molecular weight excluding hydrogens is 184 g/mol. The van der Waals surface area contributed by atoms with E-state index in [4.69, 9.17) is 9.84 Å². The molecule has 0 radical (unpaired) electrons. The first-order valence-corrected chi connectivity index (χ1v) is 4.95. The van der Waals surface area contributed by atoms with Crippen LogP contribution < -0.4 is 0 Å². The molecule has 0 amide bonds. The summed E-state index contributed by atoms with van der Waals surface area (Å²) >= 11 is 0. The van der Waals surface area contributed by atoms with Crippen LogP contribution in [-0.2, 0) is 9.53 Å². The topological polar surface area (TPSA) is 66.8 Å². The number of hydrogen-bond donors (Lipinski definition) is 2. The van der Waals surface area contributed by atoms with E-state index in [0.29, 0.717) is 6.42 Å². The van der Waals surface area contributed by atoms with Gasteiger partial charge in [-0.2, -0.15) is 0 Å². The van der Waals surface area contributed by atoms with Gasteiger partial charge in [-0.05, 0) is 12.8 Å². The van der Waals surface area contributed by atoms with Crippen molar-refractivity contribution >= 4 is 5.97 Å². The van der Waals surface area contributed by atoms with E-state index in [1.807, 2.05) is 13.8 Å². The van der Waals surface area contributed by atoms with Crippen LogP contribution in [0.2, 0.25) is 0 Å². The van der Waals surface area contributed by atoms with E-state index in [1.165, 1.54) is 0 Å². The predicted molar refractivity (Wildman–Crippen MR) is 52.7 cm³/mol. The highest BCUT2D eigenvalue weighted by atomic mass is 16.5. The normalized spacial score (nSPS) is 15.3. The Morgan fingerprint density at radius 1 is 1.29 bits per heavy atom. The SMILES string of the molecule is CC(O)CCOC(=O)CC(O)C(C)C. The van der Waals surface area contributed by atoms with E-state index in [9.17, 15) is 9.90 Å². The molecule has 4 nitrogen and oxygen atoms in total. The van der Waals surface area contributed by atoms with Gasteiger partial charge in [-0.15, -0.1) is 0 Å². The number of aliphatic hydroxyl groups excluding tert-OH is 2. The van der Waals surface area contributed by atoms with Crippen molar-refractivity contribution < 1.29 is 19.7 Å². The summed E-state index contributed by atoms with van der Waals surface area (Å²) in [7, 11) is 0. The lowest BCUT2D eigenvalue weighted by Crippen LogP contribution is -2.21. The van der Waals surface area contributed by atoms with Gasteiger partial charge in [-0.25, -0.2) is 0 Å². The fraction of sp³-hybridized carbons (Fsp3) is 0.900. The van der Waals surface area contributed by atoms with E-state index in [2.05, 4.69) is 0 Å². The van der Waals surface area contributed by atoms with E-state index in [-0.39, 0.29) is 18.9 Å².